The summed E-state index contributed by atoms with van der Waals surface area (Å²) in [6.07, 6.45) is 5.59. The summed E-state index contributed by atoms with van der Waals surface area (Å²) in [5.41, 5.74) is 8.40. The van der Waals surface area contributed by atoms with Gasteiger partial charge in [-0.1, -0.05) is 13.8 Å². The molecular formula is C23H29N3O2. The van der Waals surface area contributed by atoms with E-state index in [0.29, 0.717) is 12.5 Å². The predicted octanol–water partition coefficient (Wildman–Crippen LogP) is 4.78. The number of aliphatic hydroxyl groups excluding tert-OH is 1. The lowest BCUT2D eigenvalue weighted by Gasteiger charge is -2.14. The largest absolute Gasteiger partial charge is 0.478 e. The van der Waals surface area contributed by atoms with Crippen molar-refractivity contribution >= 4 is 16.7 Å². The highest BCUT2D eigenvalue weighted by atomic mass is 16.5. The number of allylic oxidation sites excluding steroid dienone is 1. The lowest BCUT2D eigenvalue weighted by atomic mass is 10.0. The van der Waals surface area contributed by atoms with Gasteiger partial charge in [-0.3, -0.25) is 0 Å². The van der Waals surface area contributed by atoms with Gasteiger partial charge in [-0.05, 0) is 62.9 Å². The summed E-state index contributed by atoms with van der Waals surface area (Å²) in [5.74, 6) is 0.661. The van der Waals surface area contributed by atoms with E-state index in [0.717, 1.165) is 52.1 Å². The van der Waals surface area contributed by atoms with Gasteiger partial charge in [-0.2, -0.15) is 0 Å². The monoisotopic (exact) mass is 379 g/mol. The Balaban J connectivity index is 2.23. The maximum atomic E-state index is 9.27. The maximum absolute atomic E-state index is 9.27. The number of nitrogens with zero attached hydrogens (tertiary/aromatic N) is 3. The van der Waals surface area contributed by atoms with Crippen LogP contribution in [-0.4, -0.2) is 32.9 Å². The minimum atomic E-state index is 0.0222. The van der Waals surface area contributed by atoms with Gasteiger partial charge in [0.1, 0.15) is 0 Å². The SMILES string of the molecule is CCOc1ccc(-c2nc3c(C)cn(/C(C)=C\CO)c3cc2CC)c(CC)n1. The Morgan fingerprint density at radius 3 is 2.61 bits per heavy atom. The van der Waals surface area contributed by atoms with E-state index in [9.17, 15) is 5.11 Å². The highest BCUT2D eigenvalue weighted by Gasteiger charge is 2.17. The Labute approximate surface area is 166 Å². The van der Waals surface area contributed by atoms with Crippen molar-refractivity contribution < 1.29 is 9.84 Å². The molecule has 0 aliphatic rings. The lowest BCUT2D eigenvalue weighted by Crippen LogP contribution is -2.02. The molecule has 1 N–H and O–H groups in total. The molecule has 0 unspecified atom stereocenters. The van der Waals surface area contributed by atoms with Crippen LogP contribution in [0.2, 0.25) is 0 Å². The predicted molar refractivity (Wildman–Crippen MR) is 115 cm³/mol. The highest BCUT2D eigenvalue weighted by molar-refractivity contribution is 5.87. The van der Waals surface area contributed by atoms with E-state index in [1.54, 1.807) is 0 Å². The van der Waals surface area contributed by atoms with Crippen molar-refractivity contribution in [3.8, 4) is 17.1 Å². The van der Waals surface area contributed by atoms with Crippen LogP contribution in [0, 0.1) is 6.92 Å². The molecule has 0 amide bonds. The molecule has 0 saturated heterocycles. The summed E-state index contributed by atoms with van der Waals surface area (Å²) in [4.78, 5) is 9.76. The molecule has 5 nitrogen and oxygen atoms in total. The smallest absolute Gasteiger partial charge is 0.213 e. The molecule has 5 heteroatoms. The molecule has 0 radical (unpaired) electrons. The van der Waals surface area contributed by atoms with Crippen molar-refractivity contribution in [3.63, 3.8) is 0 Å². The van der Waals surface area contributed by atoms with Gasteiger partial charge in [0.25, 0.3) is 0 Å². The number of ether oxygens (including phenoxy) is 1. The van der Waals surface area contributed by atoms with Crippen molar-refractivity contribution in [2.45, 2.75) is 47.5 Å². The molecule has 0 atom stereocenters. The van der Waals surface area contributed by atoms with Gasteiger partial charge >= 0.3 is 0 Å². The first kappa shape index (κ1) is 20.1. The van der Waals surface area contributed by atoms with Gasteiger partial charge in [0.05, 0.1) is 35.6 Å². The summed E-state index contributed by atoms with van der Waals surface area (Å²) in [5, 5.41) is 9.27. The Bertz CT molecular complexity index is 1020. The molecule has 0 spiro atoms. The number of aliphatic hydroxyl groups is 1. The second kappa shape index (κ2) is 8.57. The Morgan fingerprint density at radius 2 is 1.96 bits per heavy atom. The normalized spacial score (nSPS) is 12.0. The van der Waals surface area contributed by atoms with E-state index in [1.165, 1.54) is 5.56 Å². The van der Waals surface area contributed by atoms with Crippen LogP contribution in [-0.2, 0) is 12.8 Å². The van der Waals surface area contributed by atoms with E-state index in [-0.39, 0.29) is 6.61 Å². The number of fused-ring (bicyclic) bond motifs is 1. The first-order valence-corrected chi connectivity index (χ1v) is 9.96. The van der Waals surface area contributed by atoms with Gasteiger partial charge < -0.3 is 14.4 Å². The highest BCUT2D eigenvalue weighted by Crippen LogP contribution is 2.32. The standard InChI is InChI=1S/C23H29N3O2/c1-6-17-13-20-22(15(4)14-26(20)16(5)11-12-27)25-23(17)18-9-10-21(28-8-3)24-19(18)7-2/h9-11,13-14,27H,6-8,12H2,1-5H3/b16-11-. The molecule has 28 heavy (non-hydrogen) atoms. The van der Waals surface area contributed by atoms with Crippen molar-refractivity contribution in [1.29, 1.82) is 0 Å². The van der Waals surface area contributed by atoms with Crippen LogP contribution in [0.1, 0.15) is 44.5 Å². The van der Waals surface area contributed by atoms with E-state index >= 15 is 0 Å². The van der Waals surface area contributed by atoms with Crippen LogP contribution < -0.4 is 4.74 Å². The van der Waals surface area contributed by atoms with Gasteiger partial charge in [0, 0.05) is 23.5 Å². The molecule has 3 rings (SSSR count). The summed E-state index contributed by atoms with van der Waals surface area (Å²) < 4.78 is 7.68. The summed E-state index contributed by atoms with van der Waals surface area (Å²) in [6, 6.07) is 6.22. The zero-order chi connectivity index (χ0) is 20.3. The number of hydrogen-bond acceptors (Lipinski definition) is 4. The fourth-order valence-corrected chi connectivity index (χ4v) is 3.56. The Hall–Kier alpha value is -2.66. The summed E-state index contributed by atoms with van der Waals surface area (Å²) in [7, 11) is 0. The topological polar surface area (TPSA) is 60.2 Å². The molecule has 0 bridgehead atoms. The van der Waals surface area contributed by atoms with Crippen LogP contribution in [0.25, 0.3) is 28.0 Å². The van der Waals surface area contributed by atoms with Crippen LogP contribution in [0.3, 0.4) is 0 Å². The minimum Gasteiger partial charge on any atom is -0.478 e. The van der Waals surface area contributed by atoms with Crippen molar-refractivity contribution in [1.82, 2.24) is 14.5 Å². The summed E-state index contributed by atoms with van der Waals surface area (Å²) in [6.45, 7) is 10.9. The van der Waals surface area contributed by atoms with Crippen molar-refractivity contribution in [2.24, 2.45) is 0 Å². The number of rotatable bonds is 7. The van der Waals surface area contributed by atoms with Gasteiger partial charge in [0.2, 0.25) is 5.88 Å². The first-order valence-electron chi connectivity index (χ1n) is 9.96. The molecule has 3 aromatic heterocycles. The molecule has 3 heterocycles. The molecular weight excluding hydrogens is 350 g/mol. The molecule has 0 aromatic carbocycles. The van der Waals surface area contributed by atoms with Crippen LogP contribution in [0.4, 0.5) is 0 Å². The van der Waals surface area contributed by atoms with Gasteiger partial charge in [-0.15, -0.1) is 0 Å². The second-order valence-corrected chi connectivity index (χ2v) is 6.86. The number of pyridine rings is 2. The van der Waals surface area contributed by atoms with Crippen molar-refractivity contribution in [3.05, 3.63) is 47.3 Å². The first-order chi connectivity index (χ1) is 13.5. The third-order valence-corrected chi connectivity index (χ3v) is 5.02. The third-order valence-electron chi connectivity index (χ3n) is 5.02. The van der Waals surface area contributed by atoms with Crippen molar-refractivity contribution in [2.75, 3.05) is 13.2 Å². The fourth-order valence-electron chi connectivity index (χ4n) is 3.56. The number of aromatic nitrogens is 3. The zero-order valence-corrected chi connectivity index (χ0v) is 17.4. The van der Waals surface area contributed by atoms with Gasteiger partial charge in [-0.25, -0.2) is 9.97 Å². The van der Waals surface area contributed by atoms with E-state index in [2.05, 4.69) is 48.7 Å². The Morgan fingerprint density at radius 1 is 1.18 bits per heavy atom. The van der Waals surface area contributed by atoms with E-state index < -0.39 is 0 Å². The van der Waals surface area contributed by atoms with E-state index in [1.807, 2.05) is 26.0 Å². The number of hydrogen-bond donors (Lipinski definition) is 1. The van der Waals surface area contributed by atoms with Crippen LogP contribution in [0.15, 0.2) is 30.5 Å². The molecule has 3 aromatic rings. The molecule has 148 valence electrons. The average Bonchev–Trinajstić information content (AvgIpc) is 3.03. The van der Waals surface area contributed by atoms with Crippen LogP contribution >= 0.6 is 0 Å². The quantitative estimate of drug-likeness (QED) is 0.641. The number of aryl methyl sites for hydroxylation is 3. The molecule has 0 aliphatic carbocycles. The maximum Gasteiger partial charge on any atom is 0.213 e. The zero-order valence-electron chi connectivity index (χ0n) is 17.4. The molecule has 0 aliphatic heterocycles. The lowest BCUT2D eigenvalue weighted by molar-refractivity contribution is 0.326. The van der Waals surface area contributed by atoms with Crippen LogP contribution in [0.5, 0.6) is 5.88 Å². The summed E-state index contributed by atoms with van der Waals surface area (Å²) >= 11 is 0. The van der Waals surface area contributed by atoms with E-state index in [4.69, 9.17) is 9.72 Å². The molecule has 0 saturated carbocycles. The fraction of sp³-hybridized carbons (Fsp3) is 0.391. The van der Waals surface area contributed by atoms with Gasteiger partial charge in [0.15, 0.2) is 0 Å². The third kappa shape index (κ3) is 3.67. The Kier molecular flexibility index (Phi) is 6.15. The minimum absolute atomic E-state index is 0.0222. The average molecular weight is 380 g/mol. The molecule has 0 fully saturated rings. The second-order valence-electron chi connectivity index (χ2n) is 6.86.